The number of hydrogen-bond donors (Lipinski definition) is 4. The number of nitrogens with zero attached hydrogens (tertiary/aromatic N) is 1. The van der Waals surface area contributed by atoms with E-state index in [9.17, 15) is 22.6 Å². The molecule has 152 valence electrons. The van der Waals surface area contributed by atoms with Crippen molar-refractivity contribution in [3.05, 3.63) is 64.1 Å². The van der Waals surface area contributed by atoms with Crippen molar-refractivity contribution in [3.63, 3.8) is 0 Å². The molecule has 2 atom stereocenters. The lowest BCUT2D eigenvalue weighted by Gasteiger charge is -2.21. The van der Waals surface area contributed by atoms with Gasteiger partial charge in [0, 0.05) is 35.1 Å². The Morgan fingerprint density at radius 1 is 1.21 bits per heavy atom. The molecule has 2 aliphatic rings. The van der Waals surface area contributed by atoms with Crippen LogP contribution in [0.1, 0.15) is 45.1 Å². The lowest BCUT2D eigenvalue weighted by molar-refractivity contribution is 0.0967. The van der Waals surface area contributed by atoms with Gasteiger partial charge >= 0.3 is 0 Å². The van der Waals surface area contributed by atoms with Crippen LogP contribution in [0.3, 0.4) is 0 Å². The molecule has 0 fully saturated rings. The zero-order valence-electron chi connectivity index (χ0n) is 15.5. The van der Waals surface area contributed by atoms with Crippen molar-refractivity contribution in [2.45, 2.75) is 31.3 Å². The Labute approximate surface area is 167 Å². The summed E-state index contributed by atoms with van der Waals surface area (Å²) in [4.78, 5) is 25.8. The molecule has 0 amide bonds. The van der Waals surface area contributed by atoms with E-state index in [0.717, 1.165) is 5.69 Å². The molecule has 1 aromatic heterocycles. The number of nitrogens with two attached hydrogens (primary N) is 2. The van der Waals surface area contributed by atoms with Gasteiger partial charge in [-0.2, -0.15) is 8.42 Å². The highest BCUT2D eigenvalue weighted by molar-refractivity contribution is 7.85. The minimum Gasteiger partial charge on any atom is -0.395 e. The van der Waals surface area contributed by atoms with Gasteiger partial charge in [-0.05, 0) is 19.1 Å². The monoisotopic (exact) mass is 416 g/mol. The van der Waals surface area contributed by atoms with Crippen LogP contribution in [-0.4, -0.2) is 35.1 Å². The second kappa shape index (κ2) is 6.55. The predicted molar refractivity (Wildman–Crippen MR) is 106 cm³/mol. The standard InChI is InChI=1S/C19H20N4O5S/c1-9-14(21)19(25)13-11(8-29(26,27)28)16-15(22-10-5-3-2-4-6-10)12(20)7-23(16)17(13)18(9)24/h2-6,12,15,22H,7-8,20-21H2,1H3,(H,26,27,28)/t12-,15+/m0/s1. The quantitative estimate of drug-likeness (QED) is 0.537. The molecule has 0 saturated carbocycles. The zero-order valence-corrected chi connectivity index (χ0v) is 16.4. The largest absolute Gasteiger partial charge is 0.395 e. The number of aromatic nitrogens is 1. The first-order valence-corrected chi connectivity index (χ1v) is 10.5. The van der Waals surface area contributed by atoms with Crippen LogP contribution in [0.4, 0.5) is 5.69 Å². The fraction of sp³-hybridized carbons (Fsp3) is 0.263. The minimum atomic E-state index is -4.49. The highest BCUT2D eigenvalue weighted by atomic mass is 32.2. The predicted octanol–water partition coefficient (Wildman–Crippen LogP) is 0.982. The van der Waals surface area contributed by atoms with Crippen LogP contribution in [0, 0.1) is 0 Å². The number of anilines is 1. The van der Waals surface area contributed by atoms with Crippen LogP contribution in [0.2, 0.25) is 0 Å². The molecule has 2 heterocycles. The third-order valence-electron chi connectivity index (χ3n) is 5.38. The Balaban J connectivity index is 1.94. The van der Waals surface area contributed by atoms with Crippen LogP contribution in [0.5, 0.6) is 0 Å². The van der Waals surface area contributed by atoms with Crippen molar-refractivity contribution in [2.24, 2.45) is 11.5 Å². The summed E-state index contributed by atoms with van der Waals surface area (Å²) in [6.07, 6.45) is 0. The second-order valence-electron chi connectivity index (χ2n) is 7.27. The van der Waals surface area contributed by atoms with E-state index in [1.807, 2.05) is 30.3 Å². The summed E-state index contributed by atoms with van der Waals surface area (Å²) in [6, 6.07) is 8.09. The molecule has 10 heteroatoms. The van der Waals surface area contributed by atoms with Gasteiger partial charge in [0.05, 0.1) is 17.3 Å². The Kier molecular flexibility index (Phi) is 4.37. The van der Waals surface area contributed by atoms with Crippen molar-refractivity contribution >= 4 is 27.4 Å². The number of nitrogens with one attached hydrogen (secondary N) is 1. The SMILES string of the molecule is CC1=C(N)C(=O)c2c(CS(=O)(=O)O)c3n(c2C1=O)C[C@H](N)[C@H]3Nc1ccccc1. The van der Waals surface area contributed by atoms with Crippen LogP contribution in [-0.2, 0) is 22.4 Å². The molecule has 0 radical (unpaired) electrons. The molecule has 1 aliphatic carbocycles. The highest BCUT2D eigenvalue weighted by Crippen LogP contribution is 2.41. The first kappa shape index (κ1) is 19.4. The third-order valence-corrected chi connectivity index (χ3v) is 6.03. The van der Waals surface area contributed by atoms with Crippen molar-refractivity contribution in [1.29, 1.82) is 0 Å². The topological polar surface area (TPSA) is 158 Å². The van der Waals surface area contributed by atoms with E-state index in [1.165, 1.54) is 6.92 Å². The maximum atomic E-state index is 12.9. The number of allylic oxidation sites excluding steroid dienone is 2. The molecule has 29 heavy (non-hydrogen) atoms. The van der Waals surface area contributed by atoms with E-state index >= 15 is 0 Å². The Bertz CT molecular complexity index is 1180. The van der Waals surface area contributed by atoms with Gasteiger partial charge < -0.3 is 21.4 Å². The van der Waals surface area contributed by atoms with E-state index in [1.54, 1.807) is 4.57 Å². The molecular weight excluding hydrogens is 396 g/mol. The van der Waals surface area contributed by atoms with Crippen LogP contribution < -0.4 is 16.8 Å². The first-order valence-electron chi connectivity index (χ1n) is 8.93. The molecule has 9 nitrogen and oxygen atoms in total. The number of Topliss-reactive ketones (excluding diaryl/α,β-unsaturated/α-hetero) is 2. The van der Waals surface area contributed by atoms with Gasteiger partial charge in [-0.25, -0.2) is 0 Å². The molecule has 6 N–H and O–H groups in total. The van der Waals surface area contributed by atoms with Crippen molar-refractivity contribution in [2.75, 3.05) is 5.32 Å². The maximum absolute atomic E-state index is 12.9. The number of carbonyl (C=O) groups excluding carboxylic acids is 2. The summed E-state index contributed by atoms with van der Waals surface area (Å²) in [5, 5.41) is 3.24. The molecule has 0 saturated heterocycles. The molecule has 2 aromatic rings. The summed E-state index contributed by atoms with van der Waals surface area (Å²) < 4.78 is 34.5. The number of fused-ring (bicyclic) bond motifs is 3. The van der Waals surface area contributed by atoms with Crippen LogP contribution >= 0.6 is 0 Å². The molecule has 1 aliphatic heterocycles. The van der Waals surface area contributed by atoms with E-state index in [0.29, 0.717) is 5.69 Å². The van der Waals surface area contributed by atoms with E-state index < -0.39 is 39.5 Å². The lowest BCUT2D eigenvalue weighted by atomic mass is 9.89. The number of benzene rings is 1. The summed E-state index contributed by atoms with van der Waals surface area (Å²) in [6.45, 7) is 1.66. The summed E-state index contributed by atoms with van der Waals surface area (Å²) >= 11 is 0. The molecule has 4 rings (SSSR count). The number of ketones is 2. The average Bonchev–Trinajstić information content (AvgIpc) is 3.12. The van der Waals surface area contributed by atoms with Crippen molar-refractivity contribution in [1.82, 2.24) is 4.57 Å². The molecule has 0 unspecified atom stereocenters. The Morgan fingerprint density at radius 3 is 2.48 bits per heavy atom. The van der Waals surface area contributed by atoms with Crippen molar-refractivity contribution < 1.29 is 22.6 Å². The van der Waals surface area contributed by atoms with Gasteiger partial charge in [-0.15, -0.1) is 0 Å². The third kappa shape index (κ3) is 3.05. The second-order valence-corrected chi connectivity index (χ2v) is 8.73. The van der Waals surface area contributed by atoms with Gasteiger partial charge in [-0.1, -0.05) is 18.2 Å². The zero-order chi connectivity index (χ0) is 21.1. The number of para-hydroxylation sites is 1. The van der Waals surface area contributed by atoms with Crippen LogP contribution in [0.15, 0.2) is 41.6 Å². The highest BCUT2D eigenvalue weighted by Gasteiger charge is 2.44. The van der Waals surface area contributed by atoms with Crippen LogP contribution in [0.25, 0.3) is 0 Å². The average molecular weight is 416 g/mol. The Morgan fingerprint density at radius 2 is 1.86 bits per heavy atom. The minimum absolute atomic E-state index is 0.0534. The lowest BCUT2D eigenvalue weighted by Crippen LogP contribution is -2.33. The van der Waals surface area contributed by atoms with Gasteiger partial charge in [0.2, 0.25) is 11.6 Å². The van der Waals surface area contributed by atoms with E-state index in [-0.39, 0.29) is 34.6 Å². The molecular formula is C19H20N4O5S. The molecule has 0 spiro atoms. The molecule has 1 aromatic carbocycles. The van der Waals surface area contributed by atoms with Gasteiger partial charge in [0.25, 0.3) is 10.1 Å². The van der Waals surface area contributed by atoms with Gasteiger partial charge in [0.1, 0.15) is 11.4 Å². The van der Waals surface area contributed by atoms with Gasteiger partial charge in [0.15, 0.2) is 0 Å². The summed E-state index contributed by atoms with van der Waals surface area (Å²) in [7, 11) is -4.49. The molecule has 0 bridgehead atoms. The maximum Gasteiger partial charge on any atom is 0.269 e. The van der Waals surface area contributed by atoms with Crippen molar-refractivity contribution in [3.8, 4) is 0 Å². The summed E-state index contributed by atoms with van der Waals surface area (Å²) in [5.41, 5.74) is 13.2. The number of hydrogen-bond acceptors (Lipinski definition) is 7. The van der Waals surface area contributed by atoms with E-state index in [4.69, 9.17) is 11.5 Å². The van der Waals surface area contributed by atoms with E-state index in [2.05, 4.69) is 5.32 Å². The normalized spacial score (nSPS) is 21.3. The van der Waals surface area contributed by atoms with Gasteiger partial charge in [-0.3, -0.25) is 14.1 Å². The number of carbonyl (C=O) groups is 2. The fourth-order valence-electron chi connectivity index (χ4n) is 4.06. The summed E-state index contributed by atoms with van der Waals surface area (Å²) in [5.74, 6) is -1.89. The number of rotatable bonds is 4. The first-order chi connectivity index (χ1) is 13.6. The smallest absolute Gasteiger partial charge is 0.269 e. The fourth-order valence-corrected chi connectivity index (χ4v) is 4.71. The Hall–Kier alpha value is -2.95.